The van der Waals surface area contributed by atoms with Gasteiger partial charge in [0.1, 0.15) is 0 Å². The Hall–Kier alpha value is -3.31. The van der Waals surface area contributed by atoms with Crippen molar-refractivity contribution in [3.05, 3.63) is 89.2 Å². The molecule has 4 unspecified atom stereocenters. The van der Waals surface area contributed by atoms with Crippen molar-refractivity contribution >= 4 is 23.6 Å². The lowest BCUT2D eigenvalue weighted by molar-refractivity contribution is -0.268. The van der Waals surface area contributed by atoms with Gasteiger partial charge in [-0.2, -0.15) is 0 Å². The number of carbonyl (C=O) groups is 2. The number of carbonyl (C=O) groups excluding carboxylic acids is 1. The number of hydrogen-bond acceptors (Lipinski definition) is 8. The third-order valence-corrected chi connectivity index (χ3v) is 7.54. The van der Waals surface area contributed by atoms with Gasteiger partial charge in [0, 0.05) is 49.0 Å². The number of carboxylic acid groups (broad SMARTS) is 1. The zero-order valence-electron chi connectivity index (χ0n) is 21.7. The minimum atomic E-state index is -0.904. The maximum atomic E-state index is 12.0. The van der Waals surface area contributed by atoms with Crippen LogP contribution in [0.3, 0.4) is 0 Å². The van der Waals surface area contributed by atoms with Crippen molar-refractivity contribution in [3.63, 3.8) is 0 Å². The SMILES string of the molecule is CC1C(CSc2ncccn2)OC(c2ccc(CNC(=O)CCCC(=O)O)cc2)OC1c1ccc(CO)cc1. The van der Waals surface area contributed by atoms with E-state index in [9.17, 15) is 14.7 Å². The van der Waals surface area contributed by atoms with Crippen molar-refractivity contribution in [3.8, 4) is 0 Å². The zero-order chi connectivity index (χ0) is 27.6. The third-order valence-electron chi connectivity index (χ3n) is 6.58. The molecule has 1 saturated heterocycles. The van der Waals surface area contributed by atoms with Gasteiger partial charge in [0.25, 0.3) is 0 Å². The number of aliphatic hydroxyl groups is 1. The largest absolute Gasteiger partial charge is 0.481 e. The van der Waals surface area contributed by atoms with Crippen LogP contribution < -0.4 is 5.32 Å². The molecule has 1 amide bonds. The highest BCUT2D eigenvalue weighted by Crippen LogP contribution is 2.42. The number of aliphatic carboxylic acids is 1. The van der Waals surface area contributed by atoms with E-state index >= 15 is 0 Å². The van der Waals surface area contributed by atoms with Gasteiger partial charge in [-0.1, -0.05) is 67.2 Å². The van der Waals surface area contributed by atoms with Crippen molar-refractivity contribution in [2.75, 3.05) is 5.75 Å². The molecule has 39 heavy (non-hydrogen) atoms. The molecular formula is C29H33N3O6S. The maximum absolute atomic E-state index is 12.0. The number of aliphatic hydroxyl groups excluding tert-OH is 1. The monoisotopic (exact) mass is 551 g/mol. The molecule has 1 fully saturated rings. The van der Waals surface area contributed by atoms with Gasteiger partial charge in [0.05, 0.1) is 18.8 Å². The quantitative estimate of drug-likeness (QED) is 0.221. The number of ether oxygens (including phenoxy) is 2. The van der Waals surface area contributed by atoms with E-state index in [0.29, 0.717) is 23.9 Å². The van der Waals surface area contributed by atoms with Crippen LogP contribution in [-0.4, -0.2) is 43.9 Å². The predicted molar refractivity (Wildman–Crippen MR) is 146 cm³/mol. The lowest BCUT2D eigenvalue weighted by atomic mass is 9.91. The summed E-state index contributed by atoms with van der Waals surface area (Å²) < 4.78 is 12.9. The van der Waals surface area contributed by atoms with E-state index in [1.54, 1.807) is 30.2 Å². The number of aromatic nitrogens is 2. The Bertz CT molecular complexity index is 1210. The van der Waals surface area contributed by atoms with Crippen LogP contribution in [0.1, 0.15) is 60.8 Å². The summed E-state index contributed by atoms with van der Waals surface area (Å²) in [5.41, 5.74) is 3.63. The summed E-state index contributed by atoms with van der Waals surface area (Å²) >= 11 is 1.54. The first-order valence-corrected chi connectivity index (χ1v) is 13.9. The van der Waals surface area contributed by atoms with Crippen LogP contribution in [0.15, 0.2) is 72.1 Å². The summed E-state index contributed by atoms with van der Waals surface area (Å²) in [6, 6.07) is 17.3. The number of hydrogen-bond donors (Lipinski definition) is 3. The Kier molecular flexibility index (Phi) is 10.4. The smallest absolute Gasteiger partial charge is 0.303 e. The van der Waals surface area contributed by atoms with Gasteiger partial charge in [-0.25, -0.2) is 9.97 Å². The predicted octanol–water partition coefficient (Wildman–Crippen LogP) is 4.42. The summed E-state index contributed by atoms with van der Waals surface area (Å²) in [7, 11) is 0. The van der Waals surface area contributed by atoms with E-state index in [2.05, 4.69) is 22.2 Å². The summed E-state index contributed by atoms with van der Waals surface area (Å²) in [6.07, 6.45) is 2.97. The van der Waals surface area contributed by atoms with Gasteiger partial charge in [-0.3, -0.25) is 9.59 Å². The van der Waals surface area contributed by atoms with Crippen molar-refractivity contribution in [2.24, 2.45) is 5.92 Å². The van der Waals surface area contributed by atoms with Crippen LogP contribution in [-0.2, 0) is 32.2 Å². The number of rotatable bonds is 12. The summed E-state index contributed by atoms with van der Waals surface area (Å²) in [4.78, 5) is 31.2. The molecule has 1 aromatic heterocycles. The lowest BCUT2D eigenvalue weighted by Gasteiger charge is -2.41. The molecule has 2 aromatic carbocycles. The van der Waals surface area contributed by atoms with E-state index in [-0.39, 0.29) is 43.5 Å². The molecule has 3 aromatic rings. The fourth-order valence-corrected chi connectivity index (χ4v) is 5.27. The van der Waals surface area contributed by atoms with Crippen molar-refractivity contribution in [2.45, 2.75) is 63.0 Å². The minimum Gasteiger partial charge on any atom is -0.481 e. The van der Waals surface area contributed by atoms with Crippen LogP contribution in [0.2, 0.25) is 0 Å². The second-order valence-electron chi connectivity index (χ2n) is 9.43. The molecule has 0 spiro atoms. The fraction of sp³-hybridized carbons (Fsp3) is 0.379. The van der Waals surface area contributed by atoms with E-state index in [0.717, 1.165) is 22.3 Å². The first-order chi connectivity index (χ1) is 18.9. The zero-order valence-corrected chi connectivity index (χ0v) is 22.5. The molecular weight excluding hydrogens is 518 g/mol. The normalized spacial score (nSPS) is 20.9. The Morgan fingerprint density at radius 1 is 0.949 bits per heavy atom. The van der Waals surface area contributed by atoms with Crippen LogP contribution in [0.5, 0.6) is 0 Å². The highest BCUT2D eigenvalue weighted by atomic mass is 32.2. The molecule has 0 bridgehead atoms. The molecule has 0 radical (unpaired) electrons. The van der Waals surface area contributed by atoms with E-state index in [1.807, 2.05) is 48.5 Å². The van der Waals surface area contributed by atoms with Gasteiger partial charge >= 0.3 is 5.97 Å². The third kappa shape index (κ3) is 8.34. The molecule has 206 valence electrons. The topological polar surface area (TPSA) is 131 Å². The molecule has 2 heterocycles. The molecule has 4 atom stereocenters. The highest BCUT2D eigenvalue weighted by Gasteiger charge is 2.38. The first kappa shape index (κ1) is 28.7. The lowest BCUT2D eigenvalue weighted by Crippen LogP contribution is -2.38. The summed E-state index contributed by atoms with van der Waals surface area (Å²) in [5, 5.41) is 21.7. The summed E-state index contributed by atoms with van der Waals surface area (Å²) in [5.74, 6) is -0.375. The average molecular weight is 552 g/mol. The van der Waals surface area contributed by atoms with Gasteiger partial charge < -0.3 is 25.0 Å². The van der Waals surface area contributed by atoms with Gasteiger partial charge in [-0.05, 0) is 29.2 Å². The van der Waals surface area contributed by atoms with Crippen LogP contribution in [0.25, 0.3) is 0 Å². The van der Waals surface area contributed by atoms with Gasteiger partial charge in [0.15, 0.2) is 11.4 Å². The van der Waals surface area contributed by atoms with E-state index in [4.69, 9.17) is 14.6 Å². The number of amides is 1. The Labute approximate surface area is 232 Å². The molecule has 0 aliphatic carbocycles. The first-order valence-electron chi connectivity index (χ1n) is 12.9. The fourth-order valence-electron chi connectivity index (χ4n) is 4.31. The molecule has 9 nitrogen and oxygen atoms in total. The molecule has 1 aliphatic heterocycles. The van der Waals surface area contributed by atoms with Crippen molar-refractivity contribution < 1.29 is 29.3 Å². The molecule has 4 rings (SSSR count). The Balaban J connectivity index is 1.44. The minimum absolute atomic E-state index is 0.0153. The molecule has 10 heteroatoms. The van der Waals surface area contributed by atoms with Crippen LogP contribution in [0, 0.1) is 5.92 Å². The maximum Gasteiger partial charge on any atom is 0.303 e. The van der Waals surface area contributed by atoms with Gasteiger partial charge in [0.2, 0.25) is 5.91 Å². The average Bonchev–Trinajstić information content (AvgIpc) is 2.96. The number of carboxylic acids is 1. The van der Waals surface area contributed by atoms with Crippen molar-refractivity contribution in [1.29, 1.82) is 0 Å². The number of thioether (sulfide) groups is 1. The van der Waals surface area contributed by atoms with Crippen molar-refractivity contribution in [1.82, 2.24) is 15.3 Å². The second-order valence-corrected chi connectivity index (χ2v) is 10.4. The molecule has 3 N–H and O–H groups in total. The molecule has 1 aliphatic rings. The number of benzene rings is 2. The Morgan fingerprint density at radius 3 is 2.28 bits per heavy atom. The molecule has 0 saturated carbocycles. The highest BCUT2D eigenvalue weighted by molar-refractivity contribution is 7.99. The second kappa shape index (κ2) is 14.2. The van der Waals surface area contributed by atoms with Crippen LogP contribution >= 0.6 is 11.8 Å². The van der Waals surface area contributed by atoms with Gasteiger partial charge in [-0.15, -0.1) is 0 Å². The van der Waals surface area contributed by atoms with E-state index < -0.39 is 12.3 Å². The number of nitrogens with one attached hydrogen (secondary N) is 1. The Morgan fingerprint density at radius 2 is 1.62 bits per heavy atom. The summed E-state index contributed by atoms with van der Waals surface area (Å²) in [6.45, 7) is 2.45. The standard InChI is InChI=1S/C29H33N3O6S/c1-19-24(18-39-29-30-14-3-15-31-29)37-28(38-27(19)22-10-8-21(17-33)9-11-22)23-12-6-20(7-13-23)16-32-25(34)4-2-5-26(35)36/h3,6-15,19,24,27-28,33H,2,4-5,16-18H2,1H3,(H,32,34)(H,35,36). The number of nitrogens with zero attached hydrogens (tertiary/aromatic N) is 2. The van der Waals surface area contributed by atoms with Crippen LogP contribution in [0.4, 0.5) is 0 Å². The van der Waals surface area contributed by atoms with E-state index in [1.165, 1.54) is 0 Å².